The molecule has 9 heteroatoms. The second-order valence-corrected chi connectivity index (χ2v) is 9.11. The van der Waals surface area contributed by atoms with Crippen LogP contribution in [-0.4, -0.2) is 44.9 Å². The minimum Gasteiger partial charge on any atom is -0.451 e. The number of morpholine rings is 1. The predicted octanol–water partition coefficient (Wildman–Crippen LogP) is 3.67. The van der Waals surface area contributed by atoms with Gasteiger partial charge in [-0.3, -0.25) is 4.79 Å². The topological polar surface area (TPSA) is 88.9 Å². The van der Waals surface area contributed by atoms with Crippen LogP contribution in [0.5, 0.6) is 0 Å². The van der Waals surface area contributed by atoms with E-state index in [4.69, 9.17) is 20.8 Å². The summed E-state index contributed by atoms with van der Waals surface area (Å²) in [5, 5.41) is 4.00. The molecule has 2 aromatic carbocycles. The van der Waals surface area contributed by atoms with Crippen molar-refractivity contribution in [3.63, 3.8) is 0 Å². The standard InChI is InChI=1S/C20H19ClN2O5S/c1-13-2-4-16(29(25,26)23-6-8-27-9-7-23)12-17(13)22-20(24)19-11-14-10-15(21)3-5-18(14)28-19/h2-5,10-12H,6-9H2,1H3,(H,22,24). The zero-order valence-electron chi connectivity index (χ0n) is 15.6. The van der Waals surface area contributed by atoms with E-state index in [-0.39, 0.29) is 10.7 Å². The maximum absolute atomic E-state index is 12.9. The molecule has 1 aromatic heterocycles. The van der Waals surface area contributed by atoms with Crippen molar-refractivity contribution in [1.29, 1.82) is 0 Å². The molecule has 0 radical (unpaired) electrons. The Bertz CT molecular complexity index is 1180. The van der Waals surface area contributed by atoms with Crippen LogP contribution in [0.1, 0.15) is 16.1 Å². The summed E-state index contributed by atoms with van der Waals surface area (Å²) in [6.45, 7) is 3.13. The minimum atomic E-state index is -3.66. The molecule has 0 atom stereocenters. The normalized spacial score (nSPS) is 15.5. The number of carbonyl (C=O) groups is 1. The van der Waals surface area contributed by atoms with Gasteiger partial charge >= 0.3 is 0 Å². The van der Waals surface area contributed by atoms with Crippen LogP contribution in [0.4, 0.5) is 5.69 Å². The Kier molecular flexibility index (Phi) is 5.35. The number of aryl methyl sites for hydroxylation is 1. The van der Waals surface area contributed by atoms with Crippen molar-refractivity contribution in [2.45, 2.75) is 11.8 Å². The molecule has 152 valence electrons. The molecule has 1 N–H and O–H groups in total. The van der Waals surface area contributed by atoms with Gasteiger partial charge in [-0.25, -0.2) is 8.42 Å². The minimum absolute atomic E-state index is 0.114. The molecule has 29 heavy (non-hydrogen) atoms. The van der Waals surface area contributed by atoms with Crippen molar-refractivity contribution in [1.82, 2.24) is 4.31 Å². The first-order valence-corrected chi connectivity index (χ1v) is 10.9. The van der Waals surface area contributed by atoms with E-state index in [1.807, 2.05) is 0 Å². The number of sulfonamides is 1. The lowest BCUT2D eigenvalue weighted by Crippen LogP contribution is -2.40. The predicted molar refractivity (Wildman–Crippen MR) is 110 cm³/mol. The summed E-state index contributed by atoms with van der Waals surface area (Å²) in [6, 6.07) is 11.4. The summed E-state index contributed by atoms with van der Waals surface area (Å²) >= 11 is 5.97. The van der Waals surface area contributed by atoms with Gasteiger partial charge in [-0.05, 0) is 48.9 Å². The number of nitrogens with zero attached hydrogens (tertiary/aromatic N) is 1. The van der Waals surface area contributed by atoms with E-state index in [1.165, 1.54) is 10.4 Å². The first-order valence-electron chi connectivity index (χ1n) is 9.03. The molecule has 7 nitrogen and oxygen atoms in total. The fourth-order valence-corrected chi connectivity index (χ4v) is 4.76. The van der Waals surface area contributed by atoms with Crippen LogP contribution in [0.15, 0.2) is 51.8 Å². The van der Waals surface area contributed by atoms with E-state index in [0.29, 0.717) is 48.0 Å². The molecular weight excluding hydrogens is 416 g/mol. The van der Waals surface area contributed by atoms with Crippen LogP contribution >= 0.6 is 11.6 Å². The highest BCUT2D eigenvalue weighted by atomic mass is 35.5. The van der Waals surface area contributed by atoms with Gasteiger partial charge in [0.15, 0.2) is 5.76 Å². The molecule has 0 spiro atoms. The average Bonchev–Trinajstić information content (AvgIpc) is 3.13. The molecule has 1 aliphatic rings. The molecule has 1 saturated heterocycles. The van der Waals surface area contributed by atoms with Crippen molar-refractivity contribution in [2.75, 3.05) is 31.6 Å². The van der Waals surface area contributed by atoms with Crippen LogP contribution in [0, 0.1) is 6.92 Å². The Morgan fingerprint density at radius 1 is 1.10 bits per heavy atom. The largest absolute Gasteiger partial charge is 0.451 e. The lowest BCUT2D eigenvalue weighted by molar-refractivity contribution is 0.0730. The summed E-state index contributed by atoms with van der Waals surface area (Å²) < 4.78 is 38.0. The molecule has 4 rings (SSSR count). The van der Waals surface area contributed by atoms with E-state index >= 15 is 0 Å². The number of hydrogen-bond acceptors (Lipinski definition) is 5. The Morgan fingerprint density at radius 3 is 2.62 bits per heavy atom. The summed E-state index contributed by atoms with van der Waals surface area (Å²) in [6.07, 6.45) is 0. The zero-order chi connectivity index (χ0) is 20.6. The van der Waals surface area contributed by atoms with Gasteiger partial charge in [0.05, 0.1) is 18.1 Å². The number of halogens is 1. The summed E-state index contributed by atoms with van der Waals surface area (Å²) in [7, 11) is -3.66. The molecular formula is C20H19ClN2O5S. The summed E-state index contributed by atoms with van der Waals surface area (Å²) in [5.41, 5.74) is 1.68. The van der Waals surface area contributed by atoms with E-state index in [1.54, 1.807) is 43.3 Å². The second kappa shape index (κ2) is 7.79. The van der Waals surface area contributed by atoms with Gasteiger partial charge in [-0.15, -0.1) is 0 Å². The van der Waals surface area contributed by atoms with Crippen LogP contribution < -0.4 is 5.32 Å². The van der Waals surface area contributed by atoms with Crippen LogP contribution in [0.25, 0.3) is 11.0 Å². The SMILES string of the molecule is Cc1ccc(S(=O)(=O)N2CCOCC2)cc1NC(=O)c1cc2cc(Cl)ccc2o1. The number of ether oxygens (including phenoxy) is 1. The number of amides is 1. The third kappa shape index (κ3) is 4.02. The van der Waals surface area contributed by atoms with Crippen molar-refractivity contribution >= 4 is 44.2 Å². The van der Waals surface area contributed by atoms with Crippen molar-refractivity contribution in [3.8, 4) is 0 Å². The number of hydrogen-bond donors (Lipinski definition) is 1. The number of carbonyl (C=O) groups excluding carboxylic acids is 1. The van der Waals surface area contributed by atoms with E-state index < -0.39 is 15.9 Å². The smallest absolute Gasteiger partial charge is 0.291 e. The molecule has 0 aliphatic carbocycles. The highest BCUT2D eigenvalue weighted by Crippen LogP contribution is 2.26. The molecule has 1 fully saturated rings. The Hall–Kier alpha value is -2.39. The molecule has 0 saturated carbocycles. The highest BCUT2D eigenvalue weighted by Gasteiger charge is 2.27. The average molecular weight is 435 g/mol. The number of fused-ring (bicyclic) bond motifs is 1. The van der Waals surface area contributed by atoms with Gasteiger partial charge in [-0.1, -0.05) is 17.7 Å². The van der Waals surface area contributed by atoms with Gasteiger partial charge in [0.2, 0.25) is 10.0 Å². The first-order chi connectivity index (χ1) is 13.8. The van der Waals surface area contributed by atoms with Gasteiger partial charge in [0.25, 0.3) is 5.91 Å². The number of rotatable bonds is 4. The van der Waals surface area contributed by atoms with E-state index in [9.17, 15) is 13.2 Å². The number of benzene rings is 2. The van der Waals surface area contributed by atoms with Crippen molar-refractivity contribution in [3.05, 3.63) is 58.8 Å². The van der Waals surface area contributed by atoms with Crippen LogP contribution in [0.2, 0.25) is 5.02 Å². The monoisotopic (exact) mass is 434 g/mol. The zero-order valence-corrected chi connectivity index (χ0v) is 17.2. The van der Waals surface area contributed by atoms with Gasteiger partial charge in [-0.2, -0.15) is 4.31 Å². The van der Waals surface area contributed by atoms with Crippen LogP contribution in [0.3, 0.4) is 0 Å². The van der Waals surface area contributed by atoms with Crippen LogP contribution in [-0.2, 0) is 14.8 Å². The first kappa shape index (κ1) is 19.9. The van der Waals surface area contributed by atoms with Gasteiger partial charge < -0.3 is 14.5 Å². The molecule has 0 bridgehead atoms. The maximum Gasteiger partial charge on any atom is 0.291 e. The maximum atomic E-state index is 12.9. The summed E-state index contributed by atoms with van der Waals surface area (Å²) in [5.74, 6) is -0.357. The highest BCUT2D eigenvalue weighted by molar-refractivity contribution is 7.89. The third-order valence-electron chi connectivity index (χ3n) is 4.77. The Morgan fingerprint density at radius 2 is 1.86 bits per heavy atom. The van der Waals surface area contributed by atoms with Crippen molar-refractivity contribution in [2.24, 2.45) is 0 Å². The van der Waals surface area contributed by atoms with Gasteiger partial charge in [0, 0.05) is 29.2 Å². The number of furan rings is 1. The number of nitrogens with one attached hydrogen (secondary N) is 1. The Balaban J connectivity index is 1.61. The molecule has 1 aliphatic heterocycles. The summed E-state index contributed by atoms with van der Waals surface area (Å²) in [4.78, 5) is 12.8. The fourth-order valence-electron chi connectivity index (χ4n) is 3.14. The van der Waals surface area contributed by atoms with E-state index in [0.717, 1.165) is 5.56 Å². The number of anilines is 1. The van der Waals surface area contributed by atoms with E-state index in [2.05, 4.69) is 5.32 Å². The fraction of sp³-hybridized carbons (Fsp3) is 0.250. The van der Waals surface area contributed by atoms with Gasteiger partial charge in [0.1, 0.15) is 5.58 Å². The Labute approximate surface area is 173 Å². The molecule has 1 amide bonds. The third-order valence-corrected chi connectivity index (χ3v) is 6.90. The quantitative estimate of drug-likeness (QED) is 0.676. The molecule has 3 aromatic rings. The lowest BCUT2D eigenvalue weighted by Gasteiger charge is -2.26. The molecule has 0 unspecified atom stereocenters. The molecule has 2 heterocycles. The lowest BCUT2D eigenvalue weighted by atomic mass is 10.2. The second-order valence-electron chi connectivity index (χ2n) is 6.74. The van der Waals surface area contributed by atoms with Crippen molar-refractivity contribution < 1.29 is 22.4 Å².